The molecule has 0 saturated heterocycles. The average molecular weight is 221 g/mol. The lowest BCUT2D eigenvalue weighted by molar-refractivity contribution is 0.658. The van der Waals surface area contributed by atoms with E-state index in [2.05, 4.69) is 15.3 Å². The van der Waals surface area contributed by atoms with Crippen LogP contribution in [0.5, 0.6) is 0 Å². The lowest BCUT2D eigenvalue weighted by Crippen LogP contribution is -2.20. The van der Waals surface area contributed by atoms with Gasteiger partial charge in [-0.2, -0.15) is 0 Å². The molecule has 0 radical (unpaired) electrons. The second-order valence-electron chi connectivity index (χ2n) is 3.80. The van der Waals surface area contributed by atoms with Crippen molar-refractivity contribution >= 4 is 21.6 Å². The second-order valence-corrected chi connectivity index (χ2v) is 4.72. The molecule has 0 spiro atoms. The Bertz CT molecular complexity index is 541. The highest BCUT2D eigenvalue weighted by Crippen LogP contribution is 2.19. The van der Waals surface area contributed by atoms with Gasteiger partial charge in [-0.3, -0.25) is 4.79 Å². The van der Waals surface area contributed by atoms with E-state index in [4.69, 9.17) is 0 Å². The zero-order chi connectivity index (χ0) is 10.3. The molecule has 3 rings (SSSR count). The molecule has 2 heterocycles. The smallest absolute Gasteiger partial charge is 0.268 e. The Morgan fingerprint density at radius 3 is 3.27 bits per heavy atom. The number of nitrogens with zero attached hydrogens (tertiary/aromatic N) is 1. The van der Waals surface area contributed by atoms with Crippen LogP contribution in [-0.2, 0) is 6.54 Å². The van der Waals surface area contributed by atoms with Crippen LogP contribution < -0.4 is 10.9 Å². The summed E-state index contributed by atoms with van der Waals surface area (Å²) < 4.78 is 0.713. The first-order chi connectivity index (χ1) is 7.33. The third kappa shape index (κ3) is 1.80. The maximum Gasteiger partial charge on any atom is 0.268 e. The monoisotopic (exact) mass is 221 g/mol. The number of aromatic amines is 1. The van der Waals surface area contributed by atoms with Gasteiger partial charge in [-0.15, -0.1) is 11.3 Å². The van der Waals surface area contributed by atoms with E-state index >= 15 is 0 Å². The average Bonchev–Trinajstić information content (AvgIpc) is 2.93. The van der Waals surface area contributed by atoms with E-state index in [0.29, 0.717) is 17.3 Å². The number of rotatable bonds is 3. The van der Waals surface area contributed by atoms with Gasteiger partial charge >= 0.3 is 0 Å². The summed E-state index contributed by atoms with van der Waals surface area (Å²) in [5.41, 5.74) is 0.777. The molecule has 0 aliphatic heterocycles. The van der Waals surface area contributed by atoms with Crippen LogP contribution in [0.3, 0.4) is 0 Å². The van der Waals surface area contributed by atoms with Gasteiger partial charge in [-0.25, -0.2) is 4.98 Å². The van der Waals surface area contributed by atoms with Gasteiger partial charge in [0.05, 0.1) is 12.1 Å². The summed E-state index contributed by atoms with van der Waals surface area (Å²) >= 11 is 1.43. The highest BCUT2D eigenvalue weighted by molar-refractivity contribution is 7.17. The number of aromatic nitrogens is 2. The van der Waals surface area contributed by atoms with Gasteiger partial charge in [0.1, 0.15) is 10.5 Å². The molecule has 0 aromatic carbocycles. The van der Waals surface area contributed by atoms with E-state index in [-0.39, 0.29) is 5.56 Å². The molecule has 0 amide bonds. The summed E-state index contributed by atoms with van der Waals surface area (Å²) in [5, 5.41) is 5.22. The summed E-state index contributed by atoms with van der Waals surface area (Å²) in [6.07, 6.45) is 2.48. The van der Waals surface area contributed by atoms with E-state index in [9.17, 15) is 4.79 Å². The molecule has 2 aromatic rings. The van der Waals surface area contributed by atoms with Crippen LogP contribution in [0.25, 0.3) is 10.2 Å². The minimum absolute atomic E-state index is 0.0254. The fourth-order valence-electron chi connectivity index (χ4n) is 1.53. The standard InChI is InChI=1S/C10H11N3OS/c14-10-9-7(3-4-15-9)12-8(13-10)5-11-6-1-2-6/h3-4,6,11H,1-2,5H2,(H,12,13,14). The normalized spacial score (nSPS) is 16.0. The highest BCUT2D eigenvalue weighted by atomic mass is 32.1. The molecular weight excluding hydrogens is 210 g/mol. The fraction of sp³-hybridized carbons (Fsp3) is 0.400. The van der Waals surface area contributed by atoms with Gasteiger partial charge in [-0.05, 0) is 24.3 Å². The molecule has 1 aliphatic rings. The third-order valence-corrected chi connectivity index (χ3v) is 3.40. The SMILES string of the molecule is O=c1[nH]c(CNC2CC2)nc2ccsc12. The molecule has 0 unspecified atom stereocenters. The topological polar surface area (TPSA) is 57.8 Å². The van der Waals surface area contributed by atoms with Gasteiger partial charge in [0.15, 0.2) is 0 Å². The van der Waals surface area contributed by atoms with Crippen LogP contribution in [0.15, 0.2) is 16.2 Å². The number of hydrogen-bond acceptors (Lipinski definition) is 4. The van der Waals surface area contributed by atoms with Crippen molar-refractivity contribution in [1.29, 1.82) is 0 Å². The largest absolute Gasteiger partial charge is 0.308 e. The van der Waals surface area contributed by atoms with Crippen molar-refractivity contribution in [3.63, 3.8) is 0 Å². The molecule has 5 heteroatoms. The van der Waals surface area contributed by atoms with Crippen LogP contribution >= 0.6 is 11.3 Å². The molecule has 0 bridgehead atoms. The maximum absolute atomic E-state index is 11.6. The van der Waals surface area contributed by atoms with Crippen molar-refractivity contribution in [3.8, 4) is 0 Å². The summed E-state index contributed by atoms with van der Waals surface area (Å²) in [6, 6.07) is 2.52. The van der Waals surface area contributed by atoms with Crippen LogP contribution in [0.2, 0.25) is 0 Å². The van der Waals surface area contributed by atoms with E-state index in [0.717, 1.165) is 11.3 Å². The Kier molecular flexibility index (Phi) is 2.07. The Morgan fingerprint density at radius 1 is 1.60 bits per heavy atom. The zero-order valence-corrected chi connectivity index (χ0v) is 8.93. The number of fused-ring (bicyclic) bond motifs is 1. The third-order valence-electron chi connectivity index (χ3n) is 2.50. The fourth-order valence-corrected chi connectivity index (χ4v) is 2.26. The first kappa shape index (κ1) is 9.06. The molecule has 0 atom stereocenters. The lowest BCUT2D eigenvalue weighted by Gasteiger charge is -2.01. The summed E-state index contributed by atoms with van der Waals surface area (Å²) in [7, 11) is 0. The molecule has 1 saturated carbocycles. The summed E-state index contributed by atoms with van der Waals surface area (Å²) in [5.74, 6) is 0.734. The Morgan fingerprint density at radius 2 is 2.47 bits per heavy atom. The minimum atomic E-state index is -0.0254. The maximum atomic E-state index is 11.6. The first-order valence-electron chi connectivity index (χ1n) is 5.03. The Hall–Kier alpha value is -1.20. The molecule has 78 valence electrons. The van der Waals surface area contributed by atoms with E-state index in [1.807, 2.05) is 11.4 Å². The summed E-state index contributed by atoms with van der Waals surface area (Å²) in [6.45, 7) is 0.658. The Labute approximate surface area is 90.4 Å². The minimum Gasteiger partial charge on any atom is -0.308 e. The van der Waals surface area contributed by atoms with Gasteiger partial charge in [0.25, 0.3) is 5.56 Å². The van der Waals surface area contributed by atoms with Crippen molar-refractivity contribution in [2.45, 2.75) is 25.4 Å². The van der Waals surface area contributed by atoms with E-state index in [1.165, 1.54) is 24.2 Å². The van der Waals surface area contributed by atoms with Crippen LogP contribution in [0, 0.1) is 0 Å². The van der Waals surface area contributed by atoms with E-state index in [1.54, 1.807) is 0 Å². The van der Waals surface area contributed by atoms with Gasteiger partial charge < -0.3 is 10.3 Å². The number of H-pyrrole nitrogens is 1. The van der Waals surface area contributed by atoms with Gasteiger partial charge in [0, 0.05) is 6.04 Å². The predicted octanol–water partition coefficient (Wildman–Crippen LogP) is 1.24. The molecule has 15 heavy (non-hydrogen) atoms. The highest BCUT2D eigenvalue weighted by Gasteiger charge is 2.20. The Balaban J connectivity index is 1.92. The van der Waals surface area contributed by atoms with Crippen LogP contribution in [0.1, 0.15) is 18.7 Å². The molecule has 1 aliphatic carbocycles. The van der Waals surface area contributed by atoms with Crippen LogP contribution in [-0.4, -0.2) is 16.0 Å². The van der Waals surface area contributed by atoms with Crippen molar-refractivity contribution in [3.05, 3.63) is 27.6 Å². The number of thiophene rings is 1. The van der Waals surface area contributed by atoms with Gasteiger partial charge in [0.2, 0.25) is 0 Å². The summed E-state index contributed by atoms with van der Waals surface area (Å²) in [4.78, 5) is 18.8. The molecule has 1 fully saturated rings. The van der Waals surface area contributed by atoms with Gasteiger partial charge in [-0.1, -0.05) is 0 Å². The van der Waals surface area contributed by atoms with Crippen LogP contribution in [0.4, 0.5) is 0 Å². The molecule has 2 N–H and O–H groups in total. The number of hydrogen-bond donors (Lipinski definition) is 2. The van der Waals surface area contributed by atoms with Crippen molar-refractivity contribution in [2.24, 2.45) is 0 Å². The quantitative estimate of drug-likeness (QED) is 0.819. The molecular formula is C10H11N3OS. The van der Waals surface area contributed by atoms with Crippen molar-refractivity contribution in [1.82, 2.24) is 15.3 Å². The lowest BCUT2D eigenvalue weighted by atomic mass is 10.4. The molecule has 4 nitrogen and oxygen atoms in total. The van der Waals surface area contributed by atoms with Crippen molar-refractivity contribution < 1.29 is 0 Å². The van der Waals surface area contributed by atoms with Crippen molar-refractivity contribution in [2.75, 3.05) is 0 Å². The first-order valence-corrected chi connectivity index (χ1v) is 5.91. The predicted molar refractivity (Wildman–Crippen MR) is 60.1 cm³/mol. The number of nitrogens with one attached hydrogen (secondary N) is 2. The van der Waals surface area contributed by atoms with E-state index < -0.39 is 0 Å². The molecule has 2 aromatic heterocycles. The zero-order valence-electron chi connectivity index (χ0n) is 8.12. The second kappa shape index (κ2) is 3.43.